The van der Waals surface area contributed by atoms with E-state index in [1.165, 1.54) is 30.8 Å². The van der Waals surface area contributed by atoms with Gasteiger partial charge in [-0.25, -0.2) is 0 Å². The number of pyridine rings is 1. The number of fused-ring (bicyclic) bond motifs is 5. The van der Waals surface area contributed by atoms with Crippen molar-refractivity contribution in [3.05, 3.63) is 24.5 Å². The van der Waals surface area contributed by atoms with Crippen molar-refractivity contribution >= 4 is 22.4 Å². The third-order valence-corrected chi connectivity index (χ3v) is 6.51. The van der Waals surface area contributed by atoms with Gasteiger partial charge in [-0.15, -0.1) is 0 Å². The van der Waals surface area contributed by atoms with E-state index in [0.717, 1.165) is 39.8 Å². The summed E-state index contributed by atoms with van der Waals surface area (Å²) in [5.74, 6) is 4.41. The van der Waals surface area contributed by atoms with Gasteiger partial charge in [0.2, 0.25) is 0 Å². The van der Waals surface area contributed by atoms with Crippen LogP contribution in [-0.2, 0) is 0 Å². The summed E-state index contributed by atoms with van der Waals surface area (Å²) >= 11 is 1.49. The van der Waals surface area contributed by atoms with Gasteiger partial charge in [-0.05, 0) is 72.2 Å². The van der Waals surface area contributed by atoms with E-state index in [-0.39, 0.29) is 0 Å². The first-order chi connectivity index (χ1) is 10.3. The van der Waals surface area contributed by atoms with E-state index in [1.54, 1.807) is 0 Å². The van der Waals surface area contributed by atoms with Crippen LogP contribution < -0.4 is 11.1 Å². The zero-order valence-electron chi connectivity index (χ0n) is 11.7. The Labute approximate surface area is 128 Å². The van der Waals surface area contributed by atoms with Crippen molar-refractivity contribution in [2.75, 3.05) is 11.1 Å². The van der Waals surface area contributed by atoms with Gasteiger partial charge >= 0.3 is 0 Å². The Morgan fingerprint density at radius 1 is 1.14 bits per heavy atom. The van der Waals surface area contributed by atoms with Gasteiger partial charge in [0.25, 0.3) is 0 Å². The molecule has 4 unspecified atom stereocenters. The van der Waals surface area contributed by atoms with Gasteiger partial charge in [0.1, 0.15) is 10.8 Å². The van der Waals surface area contributed by atoms with Gasteiger partial charge in [-0.3, -0.25) is 4.98 Å². The number of rotatable bonds is 3. The molecule has 3 aliphatic rings. The van der Waals surface area contributed by atoms with Crippen molar-refractivity contribution in [2.45, 2.75) is 25.3 Å². The van der Waals surface area contributed by atoms with Crippen molar-refractivity contribution in [2.24, 2.45) is 23.7 Å². The van der Waals surface area contributed by atoms with E-state index in [0.29, 0.717) is 11.9 Å². The molecule has 0 amide bonds. The molecule has 3 fully saturated rings. The molecular weight excluding hydrogens is 280 g/mol. The Kier molecular flexibility index (Phi) is 2.39. The monoisotopic (exact) mass is 298 g/mol. The molecule has 0 spiro atoms. The van der Waals surface area contributed by atoms with E-state index in [4.69, 9.17) is 5.73 Å². The summed E-state index contributed by atoms with van der Waals surface area (Å²) in [6, 6.07) is 4.67. The van der Waals surface area contributed by atoms with Crippen LogP contribution in [0.2, 0.25) is 0 Å². The maximum atomic E-state index is 6.09. The number of nitrogens with zero attached hydrogens (tertiary/aromatic N) is 2. The molecule has 108 valence electrons. The number of nitrogens with one attached hydrogen (secondary N) is 1. The fourth-order valence-electron chi connectivity index (χ4n) is 4.87. The van der Waals surface area contributed by atoms with Gasteiger partial charge in [0.15, 0.2) is 0 Å². The van der Waals surface area contributed by atoms with Crippen molar-refractivity contribution < 1.29 is 0 Å². The largest absolute Gasteiger partial charge is 0.382 e. The molecule has 0 aliphatic heterocycles. The van der Waals surface area contributed by atoms with Crippen LogP contribution in [0.1, 0.15) is 19.3 Å². The first-order valence-electron chi connectivity index (χ1n) is 7.75. The van der Waals surface area contributed by atoms with Crippen LogP contribution in [0.4, 0.5) is 10.8 Å². The number of aromatic nitrogens is 2. The van der Waals surface area contributed by atoms with Crippen molar-refractivity contribution in [3.8, 4) is 11.1 Å². The minimum Gasteiger partial charge on any atom is -0.382 e. The van der Waals surface area contributed by atoms with Crippen molar-refractivity contribution in [1.82, 2.24) is 9.36 Å². The first kappa shape index (κ1) is 12.0. The zero-order chi connectivity index (χ0) is 14.0. The minimum atomic E-state index is 0.627. The molecular formula is C16H18N4S. The Morgan fingerprint density at radius 3 is 2.57 bits per heavy atom. The van der Waals surface area contributed by atoms with E-state index < -0.39 is 0 Å². The van der Waals surface area contributed by atoms with Crippen LogP contribution in [0.15, 0.2) is 24.5 Å². The predicted octanol–water partition coefficient (Wildman–Crippen LogP) is 3.24. The Morgan fingerprint density at radius 2 is 1.86 bits per heavy atom. The van der Waals surface area contributed by atoms with Gasteiger partial charge in [0, 0.05) is 18.4 Å². The molecule has 2 bridgehead atoms. The second kappa shape index (κ2) is 4.19. The SMILES string of the molecule is Nc1nsc(NC2C3C4CCC(C4)C23)c1-c1ccncc1. The summed E-state index contributed by atoms with van der Waals surface area (Å²) in [7, 11) is 0. The van der Waals surface area contributed by atoms with Crippen molar-refractivity contribution in [3.63, 3.8) is 0 Å². The number of anilines is 2. The number of nitrogen functional groups attached to an aromatic ring is 1. The lowest BCUT2D eigenvalue weighted by Gasteiger charge is -2.11. The van der Waals surface area contributed by atoms with Crippen LogP contribution in [0.3, 0.4) is 0 Å². The van der Waals surface area contributed by atoms with Crippen LogP contribution in [0, 0.1) is 23.7 Å². The summed E-state index contributed by atoms with van der Waals surface area (Å²) in [5.41, 5.74) is 8.25. The molecule has 5 rings (SSSR count). The predicted molar refractivity (Wildman–Crippen MR) is 85.0 cm³/mol. The normalized spacial score (nSPS) is 35.7. The molecule has 0 radical (unpaired) electrons. The number of hydrogen-bond donors (Lipinski definition) is 2. The summed E-state index contributed by atoms with van der Waals surface area (Å²) in [5, 5.41) is 4.90. The number of hydrogen-bond acceptors (Lipinski definition) is 5. The summed E-state index contributed by atoms with van der Waals surface area (Å²) in [6.45, 7) is 0. The lowest BCUT2D eigenvalue weighted by Crippen LogP contribution is -2.12. The summed E-state index contributed by atoms with van der Waals surface area (Å²) < 4.78 is 4.36. The molecule has 5 heteroatoms. The van der Waals surface area contributed by atoms with Crippen molar-refractivity contribution in [1.29, 1.82) is 0 Å². The van der Waals surface area contributed by atoms with E-state index >= 15 is 0 Å². The molecule has 4 atom stereocenters. The highest BCUT2D eigenvalue weighted by Gasteiger charge is 2.65. The Balaban J connectivity index is 1.44. The van der Waals surface area contributed by atoms with Crippen LogP contribution in [-0.4, -0.2) is 15.4 Å². The maximum absolute atomic E-state index is 6.09. The fraction of sp³-hybridized carbons (Fsp3) is 0.500. The third-order valence-electron chi connectivity index (χ3n) is 5.72. The van der Waals surface area contributed by atoms with Gasteiger partial charge < -0.3 is 11.1 Å². The summed E-state index contributed by atoms with van der Waals surface area (Å²) in [4.78, 5) is 4.08. The molecule has 3 saturated carbocycles. The van der Waals surface area contributed by atoms with Gasteiger partial charge in [-0.1, -0.05) is 0 Å². The molecule has 21 heavy (non-hydrogen) atoms. The molecule has 2 heterocycles. The highest BCUT2D eigenvalue weighted by molar-refractivity contribution is 7.11. The van der Waals surface area contributed by atoms with Gasteiger partial charge in [0.05, 0.1) is 5.56 Å². The average molecular weight is 298 g/mol. The van der Waals surface area contributed by atoms with E-state index in [9.17, 15) is 0 Å². The highest BCUT2D eigenvalue weighted by atomic mass is 32.1. The third kappa shape index (κ3) is 1.67. The van der Waals surface area contributed by atoms with E-state index in [1.807, 2.05) is 24.5 Å². The smallest absolute Gasteiger partial charge is 0.147 e. The lowest BCUT2D eigenvalue weighted by molar-refractivity contribution is 0.456. The average Bonchev–Trinajstić information content (AvgIpc) is 2.84. The quantitative estimate of drug-likeness (QED) is 0.913. The molecule has 3 N–H and O–H groups in total. The fourth-order valence-corrected chi connectivity index (χ4v) is 5.65. The zero-order valence-corrected chi connectivity index (χ0v) is 12.5. The van der Waals surface area contributed by atoms with Crippen LogP contribution in [0.25, 0.3) is 11.1 Å². The second-order valence-electron chi connectivity index (χ2n) is 6.67. The second-order valence-corrected chi connectivity index (χ2v) is 7.44. The molecule has 4 nitrogen and oxygen atoms in total. The Hall–Kier alpha value is -1.62. The minimum absolute atomic E-state index is 0.627. The molecule has 2 aromatic rings. The molecule has 3 aliphatic carbocycles. The summed E-state index contributed by atoms with van der Waals surface area (Å²) in [6.07, 6.45) is 8.00. The Bertz CT molecular complexity index is 667. The number of nitrogens with two attached hydrogens (primary N) is 1. The molecule has 0 aromatic carbocycles. The highest BCUT2D eigenvalue weighted by Crippen LogP contribution is 2.66. The lowest BCUT2D eigenvalue weighted by atomic mass is 10.0. The van der Waals surface area contributed by atoms with Crippen LogP contribution in [0.5, 0.6) is 0 Å². The first-order valence-corrected chi connectivity index (χ1v) is 8.52. The van der Waals surface area contributed by atoms with E-state index in [2.05, 4.69) is 14.7 Å². The van der Waals surface area contributed by atoms with Gasteiger partial charge in [-0.2, -0.15) is 4.37 Å². The van der Waals surface area contributed by atoms with Crippen LogP contribution >= 0.6 is 11.5 Å². The molecule has 0 saturated heterocycles. The maximum Gasteiger partial charge on any atom is 0.147 e. The topological polar surface area (TPSA) is 63.8 Å². The standard InChI is InChI=1S/C16H18N4S/c17-15-13(8-3-5-18-6-4-8)16(21-20-15)19-14-11-9-1-2-10(7-9)12(11)14/h3-6,9-12,14,19H,1-2,7H2,(H2,17,20). The molecule has 2 aromatic heterocycles.